The molecule has 4 unspecified atom stereocenters. The van der Waals surface area contributed by atoms with Gasteiger partial charge in [-0.15, -0.1) is 0 Å². The summed E-state index contributed by atoms with van der Waals surface area (Å²) in [6.45, 7) is 8.43. The molecule has 30 heavy (non-hydrogen) atoms. The zero-order valence-electron chi connectivity index (χ0n) is 17.7. The van der Waals surface area contributed by atoms with Gasteiger partial charge in [0.05, 0.1) is 106 Å². The average molecular weight is 436 g/mol. The van der Waals surface area contributed by atoms with Crippen LogP contribution in [0.4, 0.5) is 0 Å². The molecule has 0 bridgehead atoms. The van der Waals surface area contributed by atoms with Crippen LogP contribution < -0.4 is 0 Å². The molecule has 4 atom stereocenters. The van der Waals surface area contributed by atoms with E-state index in [0.717, 1.165) is 13.2 Å². The number of rotatable bonds is 8. The van der Waals surface area contributed by atoms with Crippen LogP contribution in [-0.4, -0.2) is 130 Å². The topological polar surface area (TPSA) is 98.9 Å². The van der Waals surface area contributed by atoms with E-state index in [1.54, 1.807) is 0 Å². The van der Waals surface area contributed by atoms with Gasteiger partial charge in [0, 0.05) is 0 Å². The average Bonchev–Trinajstić information content (AvgIpc) is 3.65. The molecule has 3 fully saturated rings. The summed E-state index contributed by atoms with van der Waals surface area (Å²) in [4.78, 5) is 0. The van der Waals surface area contributed by atoms with Crippen molar-refractivity contribution in [2.75, 3.05) is 106 Å². The van der Waals surface area contributed by atoms with Crippen LogP contribution in [0.5, 0.6) is 0 Å². The highest BCUT2D eigenvalue weighted by atomic mass is 16.6. The normalized spacial score (nSPS) is 32.8. The fourth-order valence-corrected chi connectivity index (χ4v) is 2.70. The summed E-state index contributed by atoms with van der Waals surface area (Å²) in [5.74, 6) is 0. The summed E-state index contributed by atoms with van der Waals surface area (Å²) in [5.41, 5.74) is 0. The third kappa shape index (κ3) is 12.5. The second-order valence-corrected chi connectivity index (χ2v) is 7.35. The van der Waals surface area contributed by atoms with Crippen LogP contribution in [0.25, 0.3) is 0 Å². The molecule has 0 N–H and O–H groups in total. The Bertz CT molecular complexity index is 360. The molecule has 10 nitrogen and oxygen atoms in total. The van der Waals surface area contributed by atoms with E-state index in [2.05, 4.69) is 0 Å². The predicted molar refractivity (Wildman–Crippen MR) is 104 cm³/mol. The smallest absolute Gasteiger partial charge is 0.104 e. The molecule has 0 aromatic carbocycles. The molecule has 10 heteroatoms. The summed E-state index contributed by atoms with van der Waals surface area (Å²) in [5, 5.41) is 0. The molecule has 3 saturated heterocycles. The maximum atomic E-state index is 5.83. The molecule has 0 aromatic rings. The summed E-state index contributed by atoms with van der Waals surface area (Å²) in [7, 11) is 0. The number of ether oxygens (including phenoxy) is 10. The van der Waals surface area contributed by atoms with E-state index in [-0.39, 0.29) is 24.4 Å². The highest BCUT2D eigenvalue weighted by molar-refractivity contribution is 4.69. The van der Waals surface area contributed by atoms with Crippen LogP contribution in [0, 0.1) is 0 Å². The van der Waals surface area contributed by atoms with Crippen molar-refractivity contribution in [2.24, 2.45) is 0 Å². The Morgan fingerprint density at radius 2 is 0.733 bits per heavy atom. The van der Waals surface area contributed by atoms with Crippen molar-refractivity contribution in [2.45, 2.75) is 24.4 Å². The van der Waals surface area contributed by atoms with Crippen LogP contribution in [0.15, 0.2) is 0 Å². The molecular weight excluding hydrogens is 400 g/mol. The van der Waals surface area contributed by atoms with Gasteiger partial charge in [-0.05, 0) is 0 Å². The lowest BCUT2D eigenvalue weighted by atomic mass is 10.4. The van der Waals surface area contributed by atoms with Crippen LogP contribution in [0.1, 0.15) is 0 Å². The van der Waals surface area contributed by atoms with E-state index < -0.39 is 0 Å². The molecule has 0 saturated carbocycles. The van der Waals surface area contributed by atoms with E-state index in [4.69, 9.17) is 47.4 Å². The molecule has 0 aliphatic carbocycles. The standard InChI is InChI=1S/C20H36O10/c1-3-23-9-17(11-25-13-19-15-29-19)28-8-6-22-2-4-24-10-18(27-7-5-21-1)12-26-14-20-16-30-20/h17-20H,1-16H2. The molecule has 3 heterocycles. The summed E-state index contributed by atoms with van der Waals surface area (Å²) in [6, 6.07) is 0. The Hall–Kier alpha value is -0.400. The first-order chi connectivity index (χ1) is 14.9. The second-order valence-electron chi connectivity index (χ2n) is 7.35. The number of epoxide rings is 2. The Kier molecular flexibility index (Phi) is 12.5. The summed E-state index contributed by atoms with van der Waals surface area (Å²) in [6.07, 6.45) is 0.185. The minimum absolute atomic E-state index is 0.146. The van der Waals surface area contributed by atoms with Crippen LogP contribution in [-0.2, 0) is 47.4 Å². The second kappa shape index (κ2) is 15.4. The molecule has 0 amide bonds. The fourth-order valence-electron chi connectivity index (χ4n) is 2.70. The van der Waals surface area contributed by atoms with Gasteiger partial charge in [0.25, 0.3) is 0 Å². The SMILES string of the molecule is C1COCC(COCC2CO2)OCCOCCOCC(COCC2CO2)OCCO1. The first-order valence-corrected chi connectivity index (χ1v) is 10.8. The van der Waals surface area contributed by atoms with Crippen molar-refractivity contribution < 1.29 is 47.4 Å². The van der Waals surface area contributed by atoms with E-state index in [1.165, 1.54) is 0 Å². The maximum Gasteiger partial charge on any atom is 0.104 e. The highest BCUT2D eigenvalue weighted by Crippen LogP contribution is 2.10. The Morgan fingerprint density at radius 3 is 1.13 bits per heavy atom. The molecule has 0 radical (unpaired) electrons. The van der Waals surface area contributed by atoms with E-state index >= 15 is 0 Å². The lowest BCUT2D eigenvalue weighted by Crippen LogP contribution is -2.30. The fraction of sp³-hybridized carbons (Fsp3) is 1.00. The monoisotopic (exact) mass is 436 g/mol. The van der Waals surface area contributed by atoms with Crippen molar-refractivity contribution >= 4 is 0 Å². The van der Waals surface area contributed by atoms with Crippen molar-refractivity contribution in [3.8, 4) is 0 Å². The van der Waals surface area contributed by atoms with Gasteiger partial charge < -0.3 is 47.4 Å². The third-order valence-electron chi connectivity index (χ3n) is 4.53. The lowest BCUT2D eigenvalue weighted by Gasteiger charge is -2.20. The molecule has 3 aliphatic heterocycles. The molecule has 3 rings (SSSR count). The Labute approximate surface area is 178 Å². The molecule has 3 aliphatic rings. The first kappa shape index (κ1) is 24.2. The van der Waals surface area contributed by atoms with Crippen LogP contribution in [0.3, 0.4) is 0 Å². The molecule has 0 spiro atoms. The van der Waals surface area contributed by atoms with Gasteiger partial charge in [-0.1, -0.05) is 0 Å². The van der Waals surface area contributed by atoms with Crippen molar-refractivity contribution in [1.29, 1.82) is 0 Å². The van der Waals surface area contributed by atoms with Gasteiger partial charge in [-0.3, -0.25) is 0 Å². The van der Waals surface area contributed by atoms with Crippen molar-refractivity contribution in [3.63, 3.8) is 0 Å². The Morgan fingerprint density at radius 1 is 0.400 bits per heavy atom. The third-order valence-corrected chi connectivity index (χ3v) is 4.53. The van der Waals surface area contributed by atoms with E-state index in [1.807, 2.05) is 0 Å². The largest absolute Gasteiger partial charge is 0.377 e. The van der Waals surface area contributed by atoms with Crippen molar-refractivity contribution in [3.05, 3.63) is 0 Å². The maximum absolute atomic E-state index is 5.83. The van der Waals surface area contributed by atoms with Gasteiger partial charge in [0.1, 0.15) is 24.4 Å². The molecule has 0 aromatic heterocycles. The summed E-state index contributed by atoms with van der Waals surface area (Å²) >= 11 is 0. The Balaban J connectivity index is 1.30. The minimum Gasteiger partial charge on any atom is -0.377 e. The van der Waals surface area contributed by atoms with Crippen LogP contribution >= 0.6 is 0 Å². The quantitative estimate of drug-likeness (QED) is 0.470. The van der Waals surface area contributed by atoms with Gasteiger partial charge in [0.2, 0.25) is 0 Å². The van der Waals surface area contributed by atoms with Gasteiger partial charge in [-0.2, -0.15) is 0 Å². The minimum atomic E-state index is -0.146. The van der Waals surface area contributed by atoms with E-state index in [9.17, 15) is 0 Å². The number of hydrogen-bond acceptors (Lipinski definition) is 10. The number of hydrogen-bond donors (Lipinski definition) is 0. The highest BCUT2D eigenvalue weighted by Gasteiger charge is 2.24. The van der Waals surface area contributed by atoms with Gasteiger partial charge in [0.15, 0.2) is 0 Å². The molecule has 176 valence electrons. The summed E-state index contributed by atoms with van der Waals surface area (Å²) < 4.78 is 55.7. The predicted octanol–water partition coefficient (Wildman–Crippen LogP) is -0.332. The zero-order valence-corrected chi connectivity index (χ0v) is 17.7. The molecular formula is C20H36O10. The first-order valence-electron chi connectivity index (χ1n) is 10.8. The van der Waals surface area contributed by atoms with E-state index in [0.29, 0.717) is 92.5 Å². The van der Waals surface area contributed by atoms with Crippen molar-refractivity contribution in [1.82, 2.24) is 0 Å². The van der Waals surface area contributed by atoms with Crippen LogP contribution in [0.2, 0.25) is 0 Å². The van der Waals surface area contributed by atoms with Gasteiger partial charge in [-0.25, -0.2) is 0 Å². The van der Waals surface area contributed by atoms with Gasteiger partial charge >= 0.3 is 0 Å². The lowest BCUT2D eigenvalue weighted by molar-refractivity contribution is -0.0986. The zero-order chi connectivity index (χ0) is 20.7.